The van der Waals surface area contributed by atoms with E-state index in [-0.39, 0.29) is 0 Å². The molecule has 0 aliphatic heterocycles. The van der Waals surface area contributed by atoms with Crippen molar-refractivity contribution in [2.75, 3.05) is 26.9 Å². The number of nitrogens with one attached hydrogen (secondary N) is 1. The summed E-state index contributed by atoms with van der Waals surface area (Å²) in [6.45, 7) is 5.61. The topological polar surface area (TPSA) is 43.4 Å². The SMILES string of the molecule is CCCCOCCOCc1cccc(CNC)n1. The first kappa shape index (κ1) is 15.1. The van der Waals surface area contributed by atoms with Crippen molar-refractivity contribution in [3.63, 3.8) is 0 Å². The normalized spacial score (nSPS) is 10.8. The molecule has 0 aromatic carbocycles. The molecule has 0 fully saturated rings. The Morgan fingerprint density at radius 1 is 1.11 bits per heavy atom. The average molecular weight is 252 g/mol. The van der Waals surface area contributed by atoms with Gasteiger partial charge in [0.2, 0.25) is 0 Å². The molecule has 0 bridgehead atoms. The van der Waals surface area contributed by atoms with Crippen LogP contribution in [-0.4, -0.2) is 31.9 Å². The van der Waals surface area contributed by atoms with Crippen LogP contribution in [0.15, 0.2) is 18.2 Å². The molecule has 0 atom stereocenters. The van der Waals surface area contributed by atoms with Gasteiger partial charge < -0.3 is 14.8 Å². The summed E-state index contributed by atoms with van der Waals surface area (Å²) in [6, 6.07) is 6.00. The van der Waals surface area contributed by atoms with E-state index in [1.807, 2.05) is 25.2 Å². The molecule has 0 unspecified atom stereocenters. The highest BCUT2D eigenvalue weighted by Gasteiger charge is 1.97. The van der Waals surface area contributed by atoms with Gasteiger partial charge in [-0.3, -0.25) is 4.98 Å². The predicted octanol–water partition coefficient (Wildman–Crippen LogP) is 2.13. The first-order valence-corrected chi connectivity index (χ1v) is 6.61. The zero-order valence-corrected chi connectivity index (χ0v) is 11.4. The van der Waals surface area contributed by atoms with Crippen molar-refractivity contribution < 1.29 is 9.47 Å². The standard InChI is InChI=1S/C14H24N2O2/c1-3-4-8-17-9-10-18-12-14-7-5-6-13(16-14)11-15-2/h5-7,15H,3-4,8-12H2,1-2H3. The summed E-state index contributed by atoms with van der Waals surface area (Å²) in [5.41, 5.74) is 2.01. The van der Waals surface area contributed by atoms with Gasteiger partial charge in [0, 0.05) is 13.2 Å². The number of pyridine rings is 1. The lowest BCUT2D eigenvalue weighted by molar-refractivity contribution is 0.0385. The Morgan fingerprint density at radius 3 is 2.67 bits per heavy atom. The Bertz CT molecular complexity index is 318. The molecule has 102 valence electrons. The van der Waals surface area contributed by atoms with Gasteiger partial charge in [0.1, 0.15) is 0 Å². The Morgan fingerprint density at radius 2 is 1.89 bits per heavy atom. The van der Waals surface area contributed by atoms with E-state index in [0.29, 0.717) is 19.8 Å². The van der Waals surface area contributed by atoms with Gasteiger partial charge >= 0.3 is 0 Å². The molecule has 1 rings (SSSR count). The second-order valence-electron chi connectivity index (χ2n) is 4.17. The van der Waals surface area contributed by atoms with E-state index in [1.54, 1.807) is 0 Å². The van der Waals surface area contributed by atoms with Crippen LogP contribution >= 0.6 is 0 Å². The van der Waals surface area contributed by atoms with Crippen LogP contribution in [-0.2, 0) is 22.6 Å². The van der Waals surface area contributed by atoms with Gasteiger partial charge in [-0.25, -0.2) is 0 Å². The molecule has 4 nitrogen and oxygen atoms in total. The number of hydrogen-bond acceptors (Lipinski definition) is 4. The summed E-state index contributed by atoms with van der Waals surface area (Å²) in [7, 11) is 1.92. The summed E-state index contributed by atoms with van der Waals surface area (Å²) in [4.78, 5) is 4.48. The van der Waals surface area contributed by atoms with Gasteiger partial charge in [0.25, 0.3) is 0 Å². The highest BCUT2D eigenvalue weighted by atomic mass is 16.5. The van der Waals surface area contributed by atoms with Crippen molar-refractivity contribution in [2.24, 2.45) is 0 Å². The van der Waals surface area contributed by atoms with Gasteiger partial charge in [-0.15, -0.1) is 0 Å². The van der Waals surface area contributed by atoms with E-state index < -0.39 is 0 Å². The molecule has 0 spiro atoms. The third kappa shape index (κ3) is 6.69. The lowest BCUT2D eigenvalue weighted by Gasteiger charge is -2.06. The maximum Gasteiger partial charge on any atom is 0.0889 e. The molecule has 0 aliphatic rings. The van der Waals surface area contributed by atoms with Crippen LogP contribution in [0, 0.1) is 0 Å². The maximum absolute atomic E-state index is 5.53. The summed E-state index contributed by atoms with van der Waals surface area (Å²) in [5, 5.41) is 3.08. The molecular formula is C14H24N2O2. The van der Waals surface area contributed by atoms with Crippen molar-refractivity contribution in [2.45, 2.75) is 32.9 Å². The van der Waals surface area contributed by atoms with E-state index in [9.17, 15) is 0 Å². The third-order valence-corrected chi connectivity index (χ3v) is 2.49. The zero-order chi connectivity index (χ0) is 13.1. The van der Waals surface area contributed by atoms with Crippen molar-refractivity contribution in [1.29, 1.82) is 0 Å². The quantitative estimate of drug-likeness (QED) is 0.648. The van der Waals surface area contributed by atoms with E-state index in [1.165, 1.54) is 6.42 Å². The van der Waals surface area contributed by atoms with Crippen LogP contribution in [0.5, 0.6) is 0 Å². The summed E-state index contributed by atoms with van der Waals surface area (Å²) < 4.78 is 10.9. The second kappa shape index (κ2) is 10.00. The van der Waals surface area contributed by atoms with E-state index in [4.69, 9.17) is 9.47 Å². The summed E-state index contributed by atoms with van der Waals surface area (Å²) >= 11 is 0. The molecule has 1 aromatic rings. The van der Waals surface area contributed by atoms with Crippen LogP contribution < -0.4 is 5.32 Å². The van der Waals surface area contributed by atoms with E-state index in [2.05, 4.69) is 17.2 Å². The minimum Gasteiger partial charge on any atom is -0.379 e. The zero-order valence-electron chi connectivity index (χ0n) is 11.4. The number of ether oxygens (including phenoxy) is 2. The monoisotopic (exact) mass is 252 g/mol. The Balaban J connectivity index is 2.13. The smallest absolute Gasteiger partial charge is 0.0889 e. The molecule has 1 N–H and O–H groups in total. The molecular weight excluding hydrogens is 228 g/mol. The molecule has 0 amide bonds. The minimum absolute atomic E-state index is 0.550. The molecule has 0 radical (unpaired) electrons. The van der Waals surface area contributed by atoms with Gasteiger partial charge in [-0.05, 0) is 25.6 Å². The highest BCUT2D eigenvalue weighted by molar-refractivity contribution is 5.10. The first-order chi connectivity index (χ1) is 8.86. The van der Waals surface area contributed by atoms with Gasteiger partial charge in [-0.2, -0.15) is 0 Å². The maximum atomic E-state index is 5.53. The molecule has 0 saturated heterocycles. The second-order valence-corrected chi connectivity index (χ2v) is 4.17. The number of rotatable bonds is 10. The van der Waals surface area contributed by atoms with Crippen LogP contribution in [0.4, 0.5) is 0 Å². The lowest BCUT2D eigenvalue weighted by Crippen LogP contribution is -2.09. The fraction of sp³-hybridized carbons (Fsp3) is 0.643. The molecule has 4 heteroatoms. The van der Waals surface area contributed by atoms with Crippen molar-refractivity contribution in [3.8, 4) is 0 Å². The van der Waals surface area contributed by atoms with Crippen LogP contribution in [0.25, 0.3) is 0 Å². The Hall–Kier alpha value is -0.970. The molecule has 0 saturated carbocycles. The van der Waals surface area contributed by atoms with Crippen LogP contribution in [0.1, 0.15) is 31.2 Å². The van der Waals surface area contributed by atoms with Crippen molar-refractivity contribution >= 4 is 0 Å². The van der Waals surface area contributed by atoms with Gasteiger partial charge in [-0.1, -0.05) is 19.4 Å². The third-order valence-electron chi connectivity index (χ3n) is 2.49. The largest absolute Gasteiger partial charge is 0.379 e. The predicted molar refractivity (Wildman–Crippen MR) is 72.4 cm³/mol. The Kier molecular flexibility index (Phi) is 8.38. The minimum atomic E-state index is 0.550. The Labute approximate surface area is 110 Å². The highest BCUT2D eigenvalue weighted by Crippen LogP contribution is 2.01. The van der Waals surface area contributed by atoms with Gasteiger partial charge in [0.05, 0.1) is 31.2 Å². The van der Waals surface area contributed by atoms with E-state index in [0.717, 1.165) is 31.0 Å². The summed E-state index contributed by atoms with van der Waals surface area (Å²) in [6.07, 6.45) is 2.29. The van der Waals surface area contributed by atoms with Crippen molar-refractivity contribution in [1.82, 2.24) is 10.3 Å². The number of nitrogens with zero attached hydrogens (tertiary/aromatic N) is 1. The lowest BCUT2D eigenvalue weighted by atomic mass is 10.3. The van der Waals surface area contributed by atoms with Crippen LogP contribution in [0.2, 0.25) is 0 Å². The molecule has 18 heavy (non-hydrogen) atoms. The van der Waals surface area contributed by atoms with E-state index >= 15 is 0 Å². The number of aromatic nitrogens is 1. The summed E-state index contributed by atoms with van der Waals surface area (Å²) in [5.74, 6) is 0. The number of hydrogen-bond donors (Lipinski definition) is 1. The number of unbranched alkanes of at least 4 members (excludes halogenated alkanes) is 1. The van der Waals surface area contributed by atoms with Crippen LogP contribution in [0.3, 0.4) is 0 Å². The molecule has 0 aliphatic carbocycles. The van der Waals surface area contributed by atoms with Crippen molar-refractivity contribution in [3.05, 3.63) is 29.6 Å². The fourth-order valence-corrected chi connectivity index (χ4v) is 1.53. The first-order valence-electron chi connectivity index (χ1n) is 6.61. The molecule has 1 aromatic heterocycles. The fourth-order valence-electron chi connectivity index (χ4n) is 1.53. The molecule has 1 heterocycles. The average Bonchev–Trinajstić information content (AvgIpc) is 2.39. The van der Waals surface area contributed by atoms with Gasteiger partial charge in [0.15, 0.2) is 0 Å².